The van der Waals surface area contributed by atoms with Gasteiger partial charge in [0.05, 0.1) is 12.9 Å². The Morgan fingerprint density at radius 3 is 2.95 bits per heavy atom. The number of guanidine groups is 1. The van der Waals surface area contributed by atoms with Crippen molar-refractivity contribution in [3.05, 3.63) is 54.1 Å². The lowest BCUT2D eigenvalue weighted by Crippen LogP contribution is -2.38. The molecule has 1 heterocycles. The highest BCUT2D eigenvalue weighted by Gasteiger charge is 2.00. The van der Waals surface area contributed by atoms with E-state index in [9.17, 15) is 0 Å². The zero-order valence-electron chi connectivity index (χ0n) is 12.7. The van der Waals surface area contributed by atoms with E-state index in [-0.39, 0.29) is 0 Å². The number of aliphatic imine (C=N–C) groups is 1. The second kappa shape index (κ2) is 7.47. The third kappa shape index (κ3) is 4.95. The Morgan fingerprint density at radius 1 is 1.43 bits per heavy atom. The van der Waals surface area contributed by atoms with Crippen molar-refractivity contribution in [1.29, 1.82) is 0 Å². The second-order valence-corrected chi connectivity index (χ2v) is 5.21. The average molecular weight is 285 g/mol. The Balaban J connectivity index is 1.96. The van der Waals surface area contributed by atoms with Gasteiger partial charge in [-0.25, -0.2) is 9.98 Å². The fourth-order valence-corrected chi connectivity index (χ4v) is 1.99. The first-order chi connectivity index (χ1) is 10.2. The van der Waals surface area contributed by atoms with Crippen LogP contribution in [0, 0.1) is 0 Å². The Kier molecular flexibility index (Phi) is 5.37. The summed E-state index contributed by atoms with van der Waals surface area (Å²) in [6.45, 7) is 5.61. The van der Waals surface area contributed by atoms with Crippen LogP contribution in [0.5, 0.6) is 0 Å². The third-order valence-electron chi connectivity index (χ3n) is 3.35. The fourth-order valence-electron chi connectivity index (χ4n) is 1.99. The maximum Gasteiger partial charge on any atom is 0.189 e. The summed E-state index contributed by atoms with van der Waals surface area (Å²) in [5.41, 5.74) is 8.26. The number of aromatic nitrogens is 2. The average Bonchev–Trinajstić information content (AvgIpc) is 2.98. The first-order valence-corrected chi connectivity index (χ1v) is 7.27. The minimum atomic E-state index is 0.348. The molecule has 0 saturated carbocycles. The van der Waals surface area contributed by atoms with E-state index in [1.54, 1.807) is 6.20 Å². The summed E-state index contributed by atoms with van der Waals surface area (Å²) >= 11 is 0. The van der Waals surface area contributed by atoms with Crippen molar-refractivity contribution in [3.8, 4) is 0 Å². The lowest BCUT2D eigenvalue weighted by molar-refractivity contribution is 0.636. The topological polar surface area (TPSA) is 68.2 Å². The maximum absolute atomic E-state index is 5.87. The first kappa shape index (κ1) is 15.1. The molecular weight excluding hydrogens is 262 g/mol. The molecule has 5 heteroatoms. The molecule has 0 aliphatic rings. The molecule has 0 fully saturated rings. The molecule has 0 amide bonds. The van der Waals surface area contributed by atoms with Crippen LogP contribution in [-0.2, 0) is 13.1 Å². The Bertz CT molecular complexity index is 574. The molecule has 112 valence electrons. The molecule has 5 nitrogen and oxygen atoms in total. The SMILES string of the molecule is CCC(C)NC(N)=NCc1cccc(Cn2ccnc2)c1. The zero-order valence-corrected chi connectivity index (χ0v) is 12.7. The number of rotatable bonds is 6. The van der Waals surface area contributed by atoms with Gasteiger partial charge < -0.3 is 15.6 Å². The molecule has 1 unspecified atom stereocenters. The molecule has 3 N–H and O–H groups in total. The lowest BCUT2D eigenvalue weighted by atomic mass is 10.1. The summed E-state index contributed by atoms with van der Waals surface area (Å²) in [5.74, 6) is 0.504. The molecule has 2 aromatic rings. The highest BCUT2D eigenvalue weighted by Crippen LogP contribution is 2.08. The third-order valence-corrected chi connectivity index (χ3v) is 3.35. The summed E-state index contributed by atoms with van der Waals surface area (Å²) in [7, 11) is 0. The van der Waals surface area contributed by atoms with Crippen LogP contribution in [0.15, 0.2) is 48.0 Å². The molecule has 0 spiro atoms. The molecule has 0 aliphatic carbocycles. The van der Waals surface area contributed by atoms with Crippen LogP contribution in [-0.4, -0.2) is 21.6 Å². The number of imidazole rings is 1. The number of nitrogens with one attached hydrogen (secondary N) is 1. The smallest absolute Gasteiger partial charge is 0.189 e. The van der Waals surface area contributed by atoms with E-state index in [1.165, 1.54) is 5.56 Å². The normalized spacial score (nSPS) is 13.1. The minimum Gasteiger partial charge on any atom is -0.370 e. The van der Waals surface area contributed by atoms with E-state index < -0.39 is 0 Å². The van der Waals surface area contributed by atoms with Gasteiger partial charge in [-0.15, -0.1) is 0 Å². The van der Waals surface area contributed by atoms with Crippen LogP contribution in [0.25, 0.3) is 0 Å². The van der Waals surface area contributed by atoms with E-state index in [0.717, 1.165) is 18.5 Å². The van der Waals surface area contributed by atoms with Gasteiger partial charge in [0.25, 0.3) is 0 Å². The van der Waals surface area contributed by atoms with Gasteiger partial charge in [0.2, 0.25) is 0 Å². The van der Waals surface area contributed by atoms with Crippen LogP contribution in [0.3, 0.4) is 0 Å². The quantitative estimate of drug-likeness (QED) is 0.631. The highest BCUT2D eigenvalue weighted by molar-refractivity contribution is 5.78. The van der Waals surface area contributed by atoms with Gasteiger partial charge in [-0.1, -0.05) is 31.2 Å². The zero-order chi connectivity index (χ0) is 15.1. The molecule has 1 atom stereocenters. The molecule has 0 saturated heterocycles. The summed E-state index contributed by atoms with van der Waals surface area (Å²) in [5, 5.41) is 3.17. The fraction of sp³-hybridized carbons (Fsp3) is 0.375. The standard InChI is InChI=1S/C16H23N5/c1-3-13(2)20-16(17)19-10-14-5-4-6-15(9-14)11-21-8-7-18-12-21/h4-9,12-13H,3,10-11H2,1-2H3,(H3,17,19,20). The van der Waals surface area contributed by atoms with Gasteiger partial charge in [-0.2, -0.15) is 0 Å². The van der Waals surface area contributed by atoms with Gasteiger partial charge in [0, 0.05) is 25.0 Å². The maximum atomic E-state index is 5.87. The molecule has 0 bridgehead atoms. The molecule has 2 rings (SSSR count). The Labute approximate surface area is 125 Å². The predicted molar refractivity (Wildman–Crippen MR) is 86.0 cm³/mol. The van der Waals surface area contributed by atoms with Crippen molar-refractivity contribution < 1.29 is 0 Å². The van der Waals surface area contributed by atoms with Crippen molar-refractivity contribution in [3.63, 3.8) is 0 Å². The van der Waals surface area contributed by atoms with E-state index in [2.05, 4.69) is 53.4 Å². The Hall–Kier alpha value is -2.30. The van der Waals surface area contributed by atoms with Gasteiger partial charge in [-0.05, 0) is 24.5 Å². The first-order valence-electron chi connectivity index (χ1n) is 7.27. The predicted octanol–water partition coefficient (Wildman–Crippen LogP) is 2.13. The van der Waals surface area contributed by atoms with E-state index >= 15 is 0 Å². The largest absolute Gasteiger partial charge is 0.370 e. The van der Waals surface area contributed by atoms with Crippen LogP contribution in [0.4, 0.5) is 0 Å². The van der Waals surface area contributed by atoms with Crippen LogP contribution >= 0.6 is 0 Å². The van der Waals surface area contributed by atoms with Gasteiger partial charge in [0.1, 0.15) is 0 Å². The molecular formula is C16H23N5. The van der Waals surface area contributed by atoms with Crippen molar-refractivity contribution in [2.24, 2.45) is 10.7 Å². The summed E-state index contributed by atoms with van der Waals surface area (Å²) in [6.07, 6.45) is 6.59. The summed E-state index contributed by atoms with van der Waals surface area (Å²) < 4.78 is 2.04. The van der Waals surface area contributed by atoms with Gasteiger partial charge >= 0.3 is 0 Å². The summed E-state index contributed by atoms with van der Waals surface area (Å²) in [6, 6.07) is 8.72. The van der Waals surface area contributed by atoms with Crippen molar-refractivity contribution in [2.75, 3.05) is 0 Å². The number of hydrogen-bond acceptors (Lipinski definition) is 2. The monoisotopic (exact) mass is 285 g/mol. The minimum absolute atomic E-state index is 0.348. The van der Waals surface area contributed by atoms with E-state index in [1.807, 2.05) is 17.1 Å². The van der Waals surface area contributed by atoms with Gasteiger partial charge in [-0.3, -0.25) is 0 Å². The highest BCUT2D eigenvalue weighted by atomic mass is 15.1. The van der Waals surface area contributed by atoms with Crippen molar-refractivity contribution in [2.45, 2.75) is 39.4 Å². The number of nitrogens with zero attached hydrogens (tertiary/aromatic N) is 3. The van der Waals surface area contributed by atoms with Crippen LogP contribution in [0.1, 0.15) is 31.4 Å². The van der Waals surface area contributed by atoms with Gasteiger partial charge in [0.15, 0.2) is 5.96 Å². The van der Waals surface area contributed by atoms with Crippen molar-refractivity contribution >= 4 is 5.96 Å². The number of hydrogen-bond donors (Lipinski definition) is 2. The molecule has 1 aromatic heterocycles. The number of nitrogens with two attached hydrogens (primary N) is 1. The summed E-state index contributed by atoms with van der Waals surface area (Å²) in [4.78, 5) is 8.44. The van der Waals surface area contributed by atoms with E-state index in [4.69, 9.17) is 5.73 Å². The molecule has 1 aromatic carbocycles. The molecule has 21 heavy (non-hydrogen) atoms. The van der Waals surface area contributed by atoms with E-state index in [0.29, 0.717) is 18.5 Å². The van der Waals surface area contributed by atoms with Crippen LogP contribution < -0.4 is 11.1 Å². The Morgan fingerprint density at radius 2 is 2.24 bits per heavy atom. The second-order valence-electron chi connectivity index (χ2n) is 5.21. The molecule has 0 aliphatic heterocycles. The lowest BCUT2D eigenvalue weighted by Gasteiger charge is -2.11. The van der Waals surface area contributed by atoms with Crippen molar-refractivity contribution in [1.82, 2.24) is 14.9 Å². The van der Waals surface area contributed by atoms with Crippen LogP contribution in [0.2, 0.25) is 0 Å². The molecule has 0 radical (unpaired) electrons. The number of benzene rings is 1.